The summed E-state index contributed by atoms with van der Waals surface area (Å²) in [4.78, 5) is 30.8. The van der Waals surface area contributed by atoms with Crippen LogP contribution >= 0.6 is 59.1 Å². The van der Waals surface area contributed by atoms with E-state index in [1.54, 1.807) is 13.8 Å². The van der Waals surface area contributed by atoms with Crippen LogP contribution < -0.4 is 9.47 Å². The van der Waals surface area contributed by atoms with Gasteiger partial charge in [-0.25, -0.2) is 14.9 Å². The molecule has 0 bridgehead atoms. The number of esters is 2. The van der Waals surface area contributed by atoms with E-state index in [1.165, 1.54) is 0 Å². The van der Waals surface area contributed by atoms with Crippen LogP contribution in [0.4, 0.5) is 0 Å². The van der Waals surface area contributed by atoms with E-state index in [9.17, 15) is 23.3 Å². The second kappa shape index (κ2) is 18.9. The van der Waals surface area contributed by atoms with Crippen molar-refractivity contribution >= 4 is 81.1 Å². The molecule has 46 heavy (non-hydrogen) atoms. The minimum atomic E-state index is -4.15. The smallest absolute Gasteiger partial charge is 0.350 e. The number of thioether (sulfide) groups is 4. The summed E-state index contributed by atoms with van der Waals surface area (Å²) in [5, 5.41) is 21.7. The minimum Gasteiger partial charge on any atom is -0.491 e. The SMILES string of the molecule is [C-]#[N+]C(C(=O)OCC)=C1Sc2c(OCCCCSOOO)c3c(c(OCCCCS(=O)(=O)O)c2S1)SC(=C(C#N)C(=O)OCC)S3. The zero-order chi connectivity index (χ0) is 33.7. The Labute approximate surface area is 286 Å². The summed E-state index contributed by atoms with van der Waals surface area (Å²) >= 11 is 5.39. The average Bonchev–Trinajstić information content (AvgIpc) is 3.63. The first-order valence-corrected chi connectivity index (χ1v) is 19.2. The third-order valence-corrected chi connectivity index (χ3v) is 12.2. The number of ether oxygens (including phenoxy) is 4. The molecule has 0 aliphatic carbocycles. The molecule has 1 aromatic carbocycles. The molecule has 14 nitrogen and oxygen atoms in total. The number of nitrogens with zero attached hydrogens (tertiary/aromatic N) is 2. The molecule has 0 unspecified atom stereocenters. The van der Waals surface area contributed by atoms with E-state index in [2.05, 4.69) is 14.2 Å². The summed E-state index contributed by atoms with van der Waals surface area (Å²) in [6.07, 6.45) is 1.61. The van der Waals surface area contributed by atoms with Crippen molar-refractivity contribution in [1.82, 2.24) is 0 Å². The van der Waals surface area contributed by atoms with Crippen LogP contribution in [0.2, 0.25) is 0 Å². The maximum absolute atomic E-state index is 12.6. The van der Waals surface area contributed by atoms with Crippen molar-refractivity contribution in [2.24, 2.45) is 0 Å². The summed E-state index contributed by atoms with van der Waals surface area (Å²) in [6.45, 7) is 11.3. The molecule has 0 atom stereocenters. The molecule has 0 saturated carbocycles. The van der Waals surface area contributed by atoms with E-state index in [-0.39, 0.29) is 50.5 Å². The normalized spacial score (nSPS) is 15.7. The number of fused-ring (bicyclic) bond motifs is 2. The molecule has 0 radical (unpaired) electrons. The maximum atomic E-state index is 12.6. The fourth-order valence-electron chi connectivity index (χ4n) is 3.67. The molecule has 250 valence electrons. The van der Waals surface area contributed by atoms with E-state index in [1.807, 2.05) is 6.07 Å². The second-order valence-electron chi connectivity index (χ2n) is 8.71. The van der Waals surface area contributed by atoms with Crippen molar-refractivity contribution in [2.45, 2.75) is 59.1 Å². The molecule has 20 heteroatoms. The van der Waals surface area contributed by atoms with Crippen molar-refractivity contribution in [2.75, 3.05) is 37.9 Å². The predicted octanol–water partition coefficient (Wildman–Crippen LogP) is 6.31. The molecule has 0 saturated heterocycles. The standard InChI is InChI=1S/C26H28N2O12S6/c1-4-35-23(29)15(14-27)25-42-19-17(37-10-6-8-12-41-40-39-31)21-22(45-26(44-21)16(28-3)24(30)36-5-2)18(20(19)43-25)38-11-7-9-13-46(32,33)34/h31H,4-13H2,1-2H3,(H,32,33,34). The number of nitriles is 1. The molecule has 0 fully saturated rings. The fraction of sp³-hybridized carbons (Fsp3) is 0.462. The van der Waals surface area contributed by atoms with Gasteiger partial charge in [-0.2, -0.15) is 13.7 Å². The summed E-state index contributed by atoms with van der Waals surface area (Å²) in [5.41, 5.74) is -0.406. The Kier molecular flexibility index (Phi) is 15.7. The lowest BCUT2D eigenvalue weighted by atomic mass is 10.3. The van der Waals surface area contributed by atoms with Gasteiger partial charge in [0.05, 0.1) is 66.8 Å². The summed E-state index contributed by atoms with van der Waals surface area (Å²) in [5.74, 6) is -0.760. The monoisotopic (exact) mass is 752 g/mol. The Bertz CT molecular complexity index is 1480. The molecule has 0 aromatic heterocycles. The van der Waals surface area contributed by atoms with Crippen molar-refractivity contribution < 1.29 is 56.1 Å². The lowest BCUT2D eigenvalue weighted by molar-refractivity contribution is -0.432. The van der Waals surface area contributed by atoms with Gasteiger partial charge in [-0.15, -0.1) is 4.33 Å². The van der Waals surface area contributed by atoms with Gasteiger partial charge in [-0.1, -0.05) is 52.1 Å². The van der Waals surface area contributed by atoms with Crippen LogP contribution in [0.15, 0.2) is 39.3 Å². The first-order chi connectivity index (χ1) is 22.1. The van der Waals surface area contributed by atoms with Crippen LogP contribution in [0, 0.1) is 17.9 Å². The third kappa shape index (κ3) is 10.4. The molecule has 2 N–H and O–H groups in total. The Morgan fingerprint density at radius 2 is 1.41 bits per heavy atom. The van der Waals surface area contributed by atoms with Crippen molar-refractivity contribution in [1.29, 1.82) is 5.26 Å². The van der Waals surface area contributed by atoms with Gasteiger partial charge < -0.3 is 18.9 Å². The molecular formula is C26H28N2O12S6. The van der Waals surface area contributed by atoms with Crippen molar-refractivity contribution in [3.05, 3.63) is 31.2 Å². The zero-order valence-corrected chi connectivity index (χ0v) is 29.3. The Balaban J connectivity index is 2.09. The Morgan fingerprint density at radius 1 is 0.891 bits per heavy atom. The van der Waals surface area contributed by atoms with E-state index in [0.29, 0.717) is 58.1 Å². The first kappa shape index (κ1) is 38.2. The predicted molar refractivity (Wildman–Crippen MR) is 173 cm³/mol. The highest BCUT2D eigenvalue weighted by atomic mass is 32.2. The Morgan fingerprint density at radius 3 is 1.89 bits per heavy atom. The van der Waals surface area contributed by atoms with Crippen LogP contribution in [0.1, 0.15) is 39.5 Å². The highest BCUT2D eigenvalue weighted by Crippen LogP contribution is 2.68. The quantitative estimate of drug-likeness (QED) is 0.0195. The van der Waals surface area contributed by atoms with E-state index >= 15 is 0 Å². The average molecular weight is 753 g/mol. The third-order valence-electron chi connectivity index (χ3n) is 5.58. The van der Waals surface area contributed by atoms with Gasteiger partial charge in [0.1, 0.15) is 17.6 Å². The lowest BCUT2D eigenvalue weighted by Gasteiger charge is -2.18. The Hall–Kier alpha value is -2.24. The zero-order valence-electron chi connectivity index (χ0n) is 24.4. The van der Waals surface area contributed by atoms with Crippen LogP contribution in [0.3, 0.4) is 0 Å². The van der Waals surface area contributed by atoms with E-state index in [4.69, 9.17) is 35.3 Å². The number of carbonyl (C=O) groups excluding carboxylic acids is 2. The minimum absolute atomic E-state index is 0.0526. The first-order valence-electron chi connectivity index (χ1n) is 13.5. The van der Waals surface area contributed by atoms with Gasteiger partial charge in [0.25, 0.3) is 15.8 Å². The summed E-state index contributed by atoms with van der Waals surface area (Å²) < 4.78 is 59.2. The summed E-state index contributed by atoms with van der Waals surface area (Å²) in [6, 6.07) is 1.92. The highest BCUT2D eigenvalue weighted by molar-refractivity contribution is 8.26. The fourth-order valence-corrected chi connectivity index (χ4v) is 10.0. The maximum Gasteiger partial charge on any atom is 0.350 e. The van der Waals surface area contributed by atoms with Gasteiger partial charge in [0.15, 0.2) is 5.57 Å². The van der Waals surface area contributed by atoms with Crippen molar-refractivity contribution in [3.63, 3.8) is 0 Å². The van der Waals surface area contributed by atoms with Crippen molar-refractivity contribution in [3.8, 4) is 17.6 Å². The molecule has 1 aromatic rings. The van der Waals surface area contributed by atoms with Crippen LogP contribution in [-0.4, -0.2) is 68.1 Å². The summed E-state index contributed by atoms with van der Waals surface area (Å²) in [7, 11) is -4.15. The molecule has 3 rings (SSSR count). The molecule has 2 heterocycles. The molecule has 0 amide bonds. The molecular weight excluding hydrogens is 725 g/mol. The van der Waals surface area contributed by atoms with Gasteiger partial charge >= 0.3 is 11.9 Å². The number of unbranched alkanes of at least 4 members (excludes halogenated alkanes) is 2. The van der Waals surface area contributed by atoms with E-state index in [0.717, 1.165) is 59.1 Å². The van der Waals surface area contributed by atoms with Gasteiger partial charge in [-0.05, 0) is 39.5 Å². The number of carbonyl (C=O) groups is 2. The largest absolute Gasteiger partial charge is 0.491 e. The van der Waals surface area contributed by atoms with Crippen LogP contribution in [0.25, 0.3) is 4.85 Å². The number of rotatable bonds is 18. The molecule has 0 spiro atoms. The second-order valence-corrected chi connectivity index (χ2v) is 15.7. The van der Waals surface area contributed by atoms with Gasteiger partial charge in [-0.3, -0.25) is 9.35 Å². The number of hydrogen-bond donors (Lipinski definition) is 2. The topological polar surface area (TPSA) is 192 Å². The van der Waals surface area contributed by atoms with E-state index < -0.39 is 27.8 Å². The van der Waals surface area contributed by atoms with Crippen LogP contribution in [-0.2, 0) is 38.6 Å². The lowest BCUT2D eigenvalue weighted by Crippen LogP contribution is -2.07. The van der Waals surface area contributed by atoms with Gasteiger partial charge in [0, 0.05) is 17.8 Å². The number of benzene rings is 1. The highest BCUT2D eigenvalue weighted by Gasteiger charge is 2.40. The molecule has 2 aliphatic heterocycles. The van der Waals surface area contributed by atoms with Gasteiger partial charge in [0.2, 0.25) is 0 Å². The number of hydrogen-bond acceptors (Lipinski definition) is 17. The van der Waals surface area contributed by atoms with Crippen LogP contribution in [0.5, 0.6) is 11.5 Å². The molecule has 2 aliphatic rings.